The van der Waals surface area contributed by atoms with Crippen molar-refractivity contribution in [3.05, 3.63) is 35.4 Å². The Bertz CT molecular complexity index is 440. The highest BCUT2D eigenvalue weighted by Crippen LogP contribution is 2.44. The molecule has 1 aromatic carbocycles. The Morgan fingerprint density at radius 3 is 3.00 bits per heavy atom. The number of benzene rings is 1. The summed E-state index contributed by atoms with van der Waals surface area (Å²) < 4.78 is 0. The third kappa shape index (κ3) is 1.40. The molecule has 1 aromatic rings. The summed E-state index contributed by atoms with van der Waals surface area (Å²) in [5, 5.41) is 3.58. The van der Waals surface area contributed by atoms with Gasteiger partial charge in [0.15, 0.2) is 0 Å². The molecule has 1 aliphatic heterocycles. The van der Waals surface area contributed by atoms with E-state index < -0.39 is 0 Å². The number of nitrogens with one attached hydrogen (secondary N) is 1. The second kappa shape index (κ2) is 3.56. The fraction of sp³-hybridized carbons (Fsp3) is 0.500. The molecule has 0 spiro atoms. The molecule has 1 saturated carbocycles. The van der Waals surface area contributed by atoms with Crippen molar-refractivity contribution in [3.63, 3.8) is 0 Å². The minimum atomic E-state index is 0.198. The molecule has 1 fully saturated rings. The monoisotopic (exact) mass is 231 g/mol. The van der Waals surface area contributed by atoms with E-state index in [-0.39, 0.29) is 5.54 Å². The third-order valence-electron chi connectivity index (χ3n) is 4.19. The Morgan fingerprint density at radius 1 is 1.31 bits per heavy atom. The van der Waals surface area contributed by atoms with Crippen LogP contribution in [0.15, 0.2) is 24.3 Å². The maximum Gasteiger partial charge on any atom is 0.107 e. The molecule has 0 saturated heterocycles. The first-order valence-corrected chi connectivity index (χ1v) is 6.53. The Hall–Kier alpha value is -0.890. The molecule has 0 bridgehead atoms. The quantitative estimate of drug-likeness (QED) is 0.687. The first kappa shape index (κ1) is 10.3. The second-order valence-corrected chi connectivity index (χ2v) is 5.67. The average molecular weight is 231 g/mol. The fourth-order valence-corrected chi connectivity index (χ4v) is 3.74. The minimum absolute atomic E-state index is 0.198. The van der Waals surface area contributed by atoms with Crippen LogP contribution < -0.4 is 5.32 Å². The number of hydrogen-bond donors (Lipinski definition) is 1. The lowest BCUT2D eigenvalue weighted by Crippen LogP contribution is -2.55. The van der Waals surface area contributed by atoms with E-state index in [1.165, 1.54) is 36.8 Å². The molecule has 0 radical (unpaired) electrons. The van der Waals surface area contributed by atoms with Crippen LogP contribution >= 0.6 is 12.2 Å². The Balaban J connectivity index is 2.13. The SMILES string of the molecule is C[C@]12CCCC[C@@H]1c1ccccc1C(=S)N2. The summed E-state index contributed by atoms with van der Waals surface area (Å²) in [7, 11) is 0. The number of hydrogen-bond acceptors (Lipinski definition) is 1. The molecule has 0 unspecified atom stereocenters. The Kier molecular flexibility index (Phi) is 2.28. The van der Waals surface area contributed by atoms with Gasteiger partial charge in [0.2, 0.25) is 0 Å². The number of thiocarbonyl (C=S) groups is 1. The van der Waals surface area contributed by atoms with Gasteiger partial charge in [-0.2, -0.15) is 0 Å². The molecule has 16 heavy (non-hydrogen) atoms. The highest BCUT2D eigenvalue weighted by Gasteiger charge is 2.42. The van der Waals surface area contributed by atoms with E-state index in [1.807, 2.05) is 0 Å². The molecule has 3 rings (SSSR count). The Labute approximate surface area is 102 Å². The van der Waals surface area contributed by atoms with Crippen molar-refractivity contribution in [1.82, 2.24) is 5.32 Å². The van der Waals surface area contributed by atoms with Crippen LogP contribution in [0, 0.1) is 0 Å². The van der Waals surface area contributed by atoms with E-state index in [0.29, 0.717) is 5.92 Å². The first-order chi connectivity index (χ1) is 7.71. The van der Waals surface area contributed by atoms with Gasteiger partial charge in [0.25, 0.3) is 0 Å². The molecule has 84 valence electrons. The van der Waals surface area contributed by atoms with Gasteiger partial charge in [-0.3, -0.25) is 0 Å². The summed E-state index contributed by atoms with van der Waals surface area (Å²) in [4.78, 5) is 0.941. The topological polar surface area (TPSA) is 12.0 Å². The van der Waals surface area contributed by atoms with Crippen LogP contribution in [0.4, 0.5) is 0 Å². The van der Waals surface area contributed by atoms with Crippen molar-refractivity contribution in [2.75, 3.05) is 0 Å². The van der Waals surface area contributed by atoms with Crippen molar-refractivity contribution < 1.29 is 0 Å². The van der Waals surface area contributed by atoms with Gasteiger partial charge < -0.3 is 5.32 Å². The molecule has 0 aromatic heterocycles. The zero-order valence-corrected chi connectivity index (χ0v) is 10.4. The van der Waals surface area contributed by atoms with E-state index in [4.69, 9.17) is 12.2 Å². The standard InChI is InChI=1S/C14H17NS/c1-14-9-5-4-8-12(14)10-6-2-3-7-11(10)13(16)15-14/h2-3,6-7,12H,4-5,8-9H2,1H3,(H,15,16)/t12-,14+/m1/s1. The molecule has 1 aliphatic carbocycles. The van der Waals surface area contributed by atoms with E-state index in [2.05, 4.69) is 36.5 Å². The number of rotatable bonds is 0. The predicted octanol–water partition coefficient (Wildman–Crippen LogP) is 3.38. The van der Waals surface area contributed by atoms with E-state index >= 15 is 0 Å². The van der Waals surface area contributed by atoms with Crippen LogP contribution in [0.3, 0.4) is 0 Å². The summed E-state index contributed by atoms with van der Waals surface area (Å²) in [6.45, 7) is 2.33. The summed E-state index contributed by atoms with van der Waals surface area (Å²) in [5.41, 5.74) is 2.92. The molecule has 1 N–H and O–H groups in total. The molecule has 2 heteroatoms. The van der Waals surface area contributed by atoms with Crippen LogP contribution in [0.1, 0.15) is 49.7 Å². The molecule has 2 aliphatic rings. The lowest BCUT2D eigenvalue weighted by Gasteiger charge is -2.47. The van der Waals surface area contributed by atoms with E-state index in [9.17, 15) is 0 Å². The second-order valence-electron chi connectivity index (χ2n) is 5.26. The largest absolute Gasteiger partial charge is 0.370 e. The van der Waals surface area contributed by atoms with Gasteiger partial charge in [-0.05, 0) is 25.3 Å². The normalized spacial score (nSPS) is 32.6. The molecular weight excluding hydrogens is 214 g/mol. The smallest absolute Gasteiger partial charge is 0.107 e. The molecular formula is C14H17NS. The van der Waals surface area contributed by atoms with E-state index in [1.54, 1.807) is 0 Å². The molecule has 1 nitrogen and oxygen atoms in total. The number of fused-ring (bicyclic) bond motifs is 3. The minimum Gasteiger partial charge on any atom is -0.370 e. The van der Waals surface area contributed by atoms with Crippen molar-refractivity contribution >= 4 is 17.2 Å². The zero-order chi connectivity index (χ0) is 11.2. The first-order valence-electron chi connectivity index (χ1n) is 6.12. The van der Waals surface area contributed by atoms with Gasteiger partial charge in [0.1, 0.15) is 4.99 Å². The summed E-state index contributed by atoms with van der Waals surface area (Å²) in [6, 6.07) is 8.63. The summed E-state index contributed by atoms with van der Waals surface area (Å²) in [6.07, 6.45) is 5.21. The average Bonchev–Trinajstić information content (AvgIpc) is 2.28. The predicted molar refractivity (Wildman–Crippen MR) is 70.9 cm³/mol. The van der Waals surface area contributed by atoms with Gasteiger partial charge in [-0.25, -0.2) is 0 Å². The molecule has 2 atom stereocenters. The maximum absolute atomic E-state index is 5.49. The summed E-state index contributed by atoms with van der Waals surface area (Å²) >= 11 is 5.49. The van der Waals surface area contributed by atoms with Crippen molar-refractivity contribution in [2.24, 2.45) is 0 Å². The van der Waals surface area contributed by atoms with Crippen molar-refractivity contribution in [1.29, 1.82) is 0 Å². The lowest BCUT2D eigenvalue weighted by atomic mass is 9.67. The van der Waals surface area contributed by atoms with Gasteiger partial charge in [-0.1, -0.05) is 49.3 Å². The van der Waals surface area contributed by atoms with Crippen LogP contribution in [-0.2, 0) is 0 Å². The van der Waals surface area contributed by atoms with E-state index in [0.717, 1.165) is 4.99 Å². The fourth-order valence-electron chi connectivity index (χ4n) is 3.32. The van der Waals surface area contributed by atoms with Crippen molar-refractivity contribution in [2.45, 2.75) is 44.1 Å². The highest BCUT2D eigenvalue weighted by atomic mass is 32.1. The van der Waals surface area contributed by atoms with Crippen LogP contribution in [-0.4, -0.2) is 10.5 Å². The van der Waals surface area contributed by atoms with Gasteiger partial charge in [0, 0.05) is 17.0 Å². The van der Waals surface area contributed by atoms with Gasteiger partial charge in [0.05, 0.1) is 0 Å². The van der Waals surface area contributed by atoms with Crippen LogP contribution in [0.2, 0.25) is 0 Å². The van der Waals surface area contributed by atoms with Crippen LogP contribution in [0.25, 0.3) is 0 Å². The van der Waals surface area contributed by atoms with Gasteiger partial charge in [-0.15, -0.1) is 0 Å². The molecule has 0 amide bonds. The summed E-state index contributed by atoms with van der Waals surface area (Å²) in [5.74, 6) is 0.643. The zero-order valence-electron chi connectivity index (χ0n) is 9.62. The highest BCUT2D eigenvalue weighted by molar-refractivity contribution is 7.80. The Morgan fingerprint density at radius 2 is 2.12 bits per heavy atom. The third-order valence-corrected chi connectivity index (χ3v) is 4.51. The lowest BCUT2D eigenvalue weighted by molar-refractivity contribution is 0.241. The molecule has 1 heterocycles. The van der Waals surface area contributed by atoms with Crippen molar-refractivity contribution in [3.8, 4) is 0 Å². The maximum atomic E-state index is 5.49. The van der Waals surface area contributed by atoms with Crippen LogP contribution in [0.5, 0.6) is 0 Å². The van der Waals surface area contributed by atoms with Gasteiger partial charge >= 0.3 is 0 Å².